The number of hydrogen-bond donors (Lipinski definition) is 2. The minimum Gasteiger partial charge on any atom is -0.397 e. The van der Waals surface area contributed by atoms with Crippen molar-refractivity contribution in [2.24, 2.45) is 0 Å². The van der Waals surface area contributed by atoms with E-state index in [-0.39, 0.29) is 11.3 Å². The summed E-state index contributed by atoms with van der Waals surface area (Å²) in [5, 5.41) is 2.53. The molecule has 2 aromatic rings. The topological polar surface area (TPSA) is 84.9 Å². The largest absolute Gasteiger partial charge is 0.397 e. The lowest BCUT2D eigenvalue weighted by Crippen LogP contribution is -1.97. The fraction of sp³-hybridized carbons (Fsp3) is 0. The van der Waals surface area contributed by atoms with Crippen LogP contribution in [0.5, 0.6) is 0 Å². The lowest BCUT2D eigenvalue weighted by molar-refractivity contribution is 0.441. The van der Waals surface area contributed by atoms with Crippen molar-refractivity contribution in [1.29, 1.82) is 0 Å². The normalized spacial score (nSPS) is 10.5. The highest BCUT2D eigenvalue weighted by Gasteiger charge is 2.02. The van der Waals surface area contributed by atoms with Gasteiger partial charge in [0, 0.05) is 0 Å². The third-order valence-corrected chi connectivity index (χ3v) is 1.36. The van der Waals surface area contributed by atoms with Gasteiger partial charge in [-0.05, 0) is 6.07 Å². The summed E-state index contributed by atoms with van der Waals surface area (Å²) in [6, 6.07) is 1.52. The summed E-state index contributed by atoms with van der Waals surface area (Å²) in [5.41, 5.74) is 5.82. The molecule has 5 nitrogen and oxygen atoms in total. The zero-order valence-electron chi connectivity index (χ0n) is 5.50. The molecule has 0 aromatic carbocycles. The second-order valence-corrected chi connectivity index (χ2v) is 2.15. The Bertz CT molecular complexity index is 442. The Balaban J connectivity index is 2.99. The number of rotatable bonds is 0. The third-order valence-electron chi connectivity index (χ3n) is 1.36. The van der Waals surface area contributed by atoms with Gasteiger partial charge in [0.2, 0.25) is 0 Å². The molecule has 56 valence electrons. The fourth-order valence-electron chi connectivity index (χ4n) is 0.862. The smallest absolute Gasteiger partial charge is 0.289 e. The lowest BCUT2D eigenvalue weighted by Gasteiger charge is -1.86. The Morgan fingerprint density at radius 1 is 1.64 bits per heavy atom. The van der Waals surface area contributed by atoms with Gasteiger partial charge in [-0.2, -0.15) is 5.16 Å². The maximum Gasteiger partial charge on any atom is 0.289 e. The second kappa shape index (κ2) is 1.85. The summed E-state index contributed by atoms with van der Waals surface area (Å²) in [4.78, 5) is 14.7. The zero-order valence-corrected chi connectivity index (χ0v) is 5.50. The number of fused-ring (bicyclic) bond motifs is 1. The van der Waals surface area contributed by atoms with E-state index >= 15 is 0 Å². The molecular weight excluding hydrogens is 146 g/mol. The molecule has 0 spiro atoms. The molecule has 11 heavy (non-hydrogen) atoms. The zero-order chi connectivity index (χ0) is 7.84. The van der Waals surface area contributed by atoms with E-state index in [1.165, 1.54) is 12.3 Å². The number of hydrogen-bond acceptors (Lipinski definition) is 4. The van der Waals surface area contributed by atoms with Gasteiger partial charge in [-0.25, -0.2) is 4.98 Å². The number of H-pyrrole nitrogens is 1. The first-order chi connectivity index (χ1) is 5.27. The van der Waals surface area contributed by atoms with Gasteiger partial charge in [0.25, 0.3) is 11.3 Å². The number of pyridine rings is 1. The number of aromatic nitrogens is 2. The minimum absolute atomic E-state index is 0.282. The van der Waals surface area contributed by atoms with Crippen molar-refractivity contribution in [3.63, 3.8) is 0 Å². The first kappa shape index (κ1) is 5.96. The van der Waals surface area contributed by atoms with E-state index in [9.17, 15) is 4.79 Å². The highest BCUT2D eigenvalue weighted by Crippen LogP contribution is 2.08. The van der Waals surface area contributed by atoms with Gasteiger partial charge >= 0.3 is 0 Å². The maximum atomic E-state index is 10.9. The molecule has 2 rings (SSSR count). The van der Waals surface area contributed by atoms with Crippen LogP contribution in [0.3, 0.4) is 0 Å². The first-order valence-electron chi connectivity index (χ1n) is 3.00. The average Bonchev–Trinajstić information content (AvgIpc) is 2.33. The van der Waals surface area contributed by atoms with Crippen molar-refractivity contribution in [2.75, 3.05) is 5.73 Å². The van der Waals surface area contributed by atoms with Crippen LogP contribution in [0, 0.1) is 0 Å². The summed E-state index contributed by atoms with van der Waals surface area (Å²) in [6.45, 7) is 0. The monoisotopic (exact) mass is 151 g/mol. The van der Waals surface area contributed by atoms with Crippen molar-refractivity contribution in [3.8, 4) is 0 Å². The molecule has 2 heterocycles. The lowest BCUT2D eigenvalue weighted by atomic mass is 10.3. The molecular formula is C6H5N3O2. The molecule has 0 radical (unpaired) electrons. The van der Waals surface area contributed by atoms with Crippen molar-refractivity contribution < 1.29 is 4.52 Å². The number of anilines is 1. The number of nitrogens with one attached hydrogen (secondary N) is 1. The van der Waals surface area contributed by atoms with Crippen LogP contribution in [-0.4, -0.2) is 10.1 Å². The quantitative estimate of drug-likeness (QED) is 0.559. The van der Waals surface area contributed by atoms with E-state index in [0.29, 0.717) is 11.1 Å². The fourth-order valence-corrected chi connectivity index (χ4v) is 0.862. The van der Waals surface area contributed by atoms with Crippen molar-refractivity contribution in [1.82, 2.24) is 10.1 Å². The Kier molecular flexibility index (Phi) is 1.00. The Labute approximate surface area is 60.8 Å². The van der Waals surface area contributed by atoms with Crippen LogP contribution in [-0.2, 0) is 0 Å². The van der Waals surface area contributed by atoms with Gasteiger partial charge in [0.1, 0.15) is 5.39 Å². The number of aromatic amines is 1. The predicted octanol–water partition coefficient (Wildman–Crippen LogP) is 0.0983. The molecule has 0 fully saturated rings. The van der Waals surface area contributed by atoms with Crippen LogP contribution >= 0.6 is 0 Å². The van der Waals surface area contributed by atoms with Gasteiger partial charge in [-0.1, -0.05) is 0 Å². The highest BCUT2D eigenvalue weighted by molar-refractivity contribution is 5.74. The van der Waals surface area contributed by atoms with E-state index in [0.717, 1.165) is 0 Å². The summed E-state index contributed by atoms with van der Waals surface area (Å²) in [6.07, 6.45) is 1.43. The molecule has 0 saturated heterocycles. The van der Waals surface area contributed by atoms with E-state index in [4.69, 9.17) is 10.3 Å². The number of nitrogens with zero attached hydrogens (tertiary/aromatic N) is 1. The highest BCUT2D eigenvalue weighted by atomic mass is 16.5. The van der Waals surface area contributed by atoms with Crippen LogP contribution in [0.2, 0.25) is 0 Å². The molecule has 0 aliphatic heterocycles. The molecule has 0 amide bonds. The summed E-state index contributed by atoms with van der Waals surface area (Å²) >= 11 is 0. The van der Waals surface area contributed by atoms with Gasteiger partial charge in [0.15, 0.2) is 0 Å². The van der Waals surface area contributed by atoms with Crippen molar-refractivity contribution in [2.45, 2.75) is 0 Å². The molecule has 0 saturated carbocycles. The van der Waals surface area contributed by atoms with E-state index in [1.54, 1.807) is 0 Å². The van der Waals surface area contributed by atoms with Gasteiger partial charge in [-0.3, -0.25) is 4.79 Å². The average molecular weight is 151 g/mol. The van der Waals surface area contributed by atoms with E-state index < -0.39 is 0 Å². The summed E-state index contributed by atoms with van der Waals surface area (Å²) in [7, 11) is 0. The third kappa shape index (κ3) is 0.778. The molecule has 2 aromatic heterocycles. The SMILES string of the molecule is Nc1cnc2o[nH]c(=O)c2c1. The van der Waals surface area contributed by atoms with Crippen LogP contribution in [0.15, 0.2) is 21.6 Å². The van der Waals surface area contributed by atoms with E-state index in [1.807, 2.05) is 0 Å². The molecule has 0 unspecified atom stereocenters. The van der Waals surface area contributed by atoms with Crippen LogP contribution in [0.25, 0.3) is 11.1 Å². The molecule has 5 heteroatoms. The molecule has 0 aliphatic rings. The van der Waals surface area contributed by atoms with Crippen LogP contribution in [0.1, 0.15) is 0 Å². The molecule has 0 bridgehead atoms. The van der Waals surface area contributed by atoms with E-state index in [2.05, 4.69) is 10.1 Å². The Morgan fingerprint density at radius 3 is 3.27 bits per heavy atom. The van der Waals surface area contributed by atoms with Crippen molar-refractivity contribution in [3.05, 3.63) is 22.6 Å². The molecule has 0 aliphatic carbocycles. The Hall–Kier alpha value is -1.78. The van der Waals surface area contributed by atoms with Gasteiger partial charge in [0.05, 0.1) is 11.9 Å². The number of nitrogen functional groups attached to an aromatic ring is 1. The van der Waals surface area contributed by atoms with Crippen LogP contribution in [0.4, 0.5) is 5.69 Å². The molecule has 0 atom stereocenters. The second-order valence-electron chi connectivity index (χ2n) is 2.15. The van der Waals surface area contributed by atoms with Gasteiger partial charge < -0.3 is 10.3 Å². The number of nitrogens with two attached hydrogens (primary N) is 1. The summed E-state index contributed by atoms with van der Waals surface area (Å²) in [5.74, 6) is 0. The first-order valence-corrected chi connectivity index (χ1v) is 3.00. The van der Waals surface area contributed by atoms with Crippen molar-refractivity contribution >= 4 is 16.8 Å². The standard InChI is InChI=1S/C6H5N3O2/c7-3-1-4-5(10)9-11-6(4)8-2-3/h1-2H,7H2,(H,9,10). The maximum absolute atomic E-state index is 10.9. The van der Waals surface area contributed by atoms with Gasteiger partial charge in [-0.15, -0.1) is 0 Å². The summed E-state index contributed by atoms with van der Waals surface area (Å²) < 4.78 is 4.70. The molecule has 3 N–H and O–H groups in total. The van der Waals surface area contributed by atoms with Crippen LogP contribution < -0.4 is 11.3 Å². The predicted molar refractivity (Wildman–Crippen MR) is 39.0 cm³/mol. The minimum atomic E-state index is -0.306. The Morgan fingerprint density at radius 2 is 2.45 bits per heavy atom.